The van der Waals surface area contributed by atoms with Gasteiger partial charge in [-0.3, -0.25) is 4.79 Å². The van der Waals surface area contributed by atoms with Gasteiger partial charge >= 0.3 is 0 Å². The third-order valence-corrected chi connectivity index (χ3v) is 5.64. The minimum atomic E-state index is -3.57. The summed E-state index contributed by atoms with van der Waals surface area (Å²) < 4.78 is 37.7. The minimum absolute atomic E-state index is 0.135. The first-order chi connectivity index (χ1) is 13.8. The van der Waals surface area contributed by atoms with Crippen LogP contribution in [0, 0.1) is 0 Å². The molecule has 8 heteroatoms. The number of benzene rings is 2. The number of ether oxygens (including phenoxy) is 1. The number of sulfonamides is 1. The number of amides is 1. The molecule has 0 saturated heterocycles. The number of furan rings is 1. The third-order valence-electron chi connectivity index (χ3n) is 3.97. The molecule has 3 aromatic rings. The lowest BCUT2D eigenvalue weighted by molar-refractivity contribution is -0.111. The Bertz CT molecular complexity index is 1150. The maximum atomic E-state index is 12.2. The van der Waals surface area contributed by atoms with Crippen LogP contribution in [0.4, 0.5) is 5.69 Å². The molecule has 0 aliphatic rings. The molecule has 7 nitrogen and oxygen atoms in total. The van der Waals surface area contributed by atoms with Crippen molar-refractivity contribution in [1.29, 1.82) is 0 Å². The van der Waals surface area contributed by atoms with E-state index in [1.807, 2.05) is 18.2 Å². The van der Waals surface area contributed by atoms with Crippen LogP contribution in [-0.2, 0) is 14.8 Å². The molecule has 0 unspecified atom stereocenters. The molecule has 1 heterocycles. The lowest BCUT2D eigenvalue weighted by Crippen LogP contribution is -2.30. The van der Waals surface area contributed by atoms with E-state index in [9.17, 15) is 13.2 Å². The number of fused-ring (bicyclic) bond motifs is 1. The Morgan fingerprint density at radius 3 is 2.52 bits per heavy atom. The maximum Gasteiger partial charge on any atom is 0.248 e. The average Bonchev–Trinajstić information content (AvgIpc) is 3.09. The molecule has 0 radical (unpaired) electrons. The number of para-hydroxylation sites is 1. The molecule has 0 fully saturated rings. The van der Waals surface area contributed by atoms with Crippen LogP contribution in [0.25, 0.3) is 17.0 Å². The van der Waals surface area contributed by atoms with Gasteiger partial charge in [-0.2, -0.15) is 0 Å². The number of rotatable bonds is 7. The number of carbonyl (C=O) groups excluding carboxylic acids is 1. The molecule has 29 heavy (non-hydrogen) atoms. The van der Waals surface area contributed by atoms with Crippen LogP contribution in [0.15, 0.2) is 63.9 Å². The summed E-state index contributed by atoms with van der Waals surface area (Å²) in [6.45, 7) is 3.49. The van der Waals surface area contributed by atoms with Crippen molar-refractivity contribution in [3.05, 3.63) is 60.4 Å². The van der Waals surface area contributed by atoms with Gasteiger partial charge in [0.25, 0.3) is 0 Å². The summed E-state index contributed by atoms with van der Waals surface area (Å²) in [5.74, 6) is 0.766. The van der Waals surface area contributed by atoms with Gasteiger partial charge in [0.05, 0.1) is 12.0 Å². The van der Waals surface area contributed by atoms with Gasteiger partial charge < -0.3 is 14.5 Å². The second-order valence-electron chi connectivity index (χ2n) is 6.65. The van der Waals surface area contributed by atoms with Crippen molar-refractivity contribution in [2.45, 2.75) is 24.8 Å². The zero-order chi connectivity index (χ0) is 21.0. The zero-order valence-corrected chi connectivity index (χ0v) is 17.1. The molecule has 3 rings (SSSR count). The number of hydrogen-bond acceptors (Lipinski definition) is 5. The van der Waals surface area contributed by atoms with E-state index >= 15 is 0 Å². The molecule has 0 aliphatic carbocycles. The van der Waals surface area contributed by atoms with Gasteiger partial charge in [-0.05, 0) is 56.3 Å². The van der Waals surface area contributed by atoms with Crippen LogP contribution in [0.1, 0.15) is 19.6 Å². The largest absolute Gasteiger partial charge is 0.493 e. The van der Waals surface area contributed by atoms with Crippen molar-refractivity contribution in [2.75, 3.05) is 12.4 Å². The van der Waals surface area contributed by atoms with E-state index in [4.69, 9.17) is 9.15 Å². The van der Waals surface area contributed by atoms with E-state index in [1.54, 1.807) is 33.1 Å². The Balaban J connectivity index is 1.68. The lowest BCUT2D eigenvalue weighted by Gasteiger charge is -2.10. The number of carbonyl (C=O) groups is 1. The molecule has 1 amide bonds. The molecule has 0 atom stereocenters. The van der Waals surface area contributed by atoms with Crippen LogP contribution in [-0.4, -0.2) is 27.5 Å². The van der Waals surface area contributed by atoms with Gasteiger partial charge in [0.15, 0.2) is 11.3 Å². The van der Waals surface area contributed by atoms with Crippen LogP contribution in [0.5, 0.6) is 5.75 Å². The first-order valence-corrected chi connectivity index (χ1v) is 10.4. The van der Waals surface area contributed by atoms with E-state index in [-0.39, 0.29) is 16.8 Å². The molecule has 1 aromatic heterocycles. The Kier molecular flexibility index (Phi) is 6.05. The summed E-state index contributed by atoms with van der Waals surface area (Å²) in [6, 6.07) is 13.1. The predicted octanol–water partition coefficient (Wildman–Crippen LogP) is 3.78. The highest BCUT2D eigenvalue weighted by atomic mass is 32.2. The summed E-state index contributed by atoms with van der Waals surface area (Å²) in [6.07, 6.45) is 2.90. The predicted molar refractivity (Wildman–Crippen MR) is 112 cm³/mol. The van der Waals surface area contributed by atoms with Gasteiger partial charge in [0.1, 0.15) is 5.76 Å². The van der Waals surface area contributed by atoms with Crippen LogP contribution >= 0.6 is 0 Å². The summed E-state index contributed by atoms with van der Waals surface area (Å²) >= 11 is 0. The van der Waals surface area contributed by atoms with Crippen LogP contribution in [0.3, 0.4) is 0 Å². The average molecular weight is 414 g/mol. The third kappa shape index (κ3) is 5.04. The zero-order valence-electron chi connectivity index (χ0n) is 16.3. The highest BCUT2D eigenvalue weighted by Crippen LogP contribution is 2.28. The first kappa shape index (κ1) is 20.6. The molecule has 0 bridgehead atoms. The van der Waals surface area contributed by atoms with Gasteiger partial charge in [-0.1, -0.05) is 12.1 Å². The molecule has 0 aliphatic heterocycles. The van der Waals surface area contributed by atoms with Gasteiger partial charge in [0.2, 0.25) is 15.9 Å². The van der Waals surface area contributed by atoms with E-state index in [1.165, 1.54) is 30.3 Å². The maximum absolute atomic E-state index is 12.2. The van der Waals surface area contributed by atoms with E-state index in [0.29, 0.717) is 22.8 Å². The summed E-state index contributed by atoms with van der Waals surface area (Å²) in [5, 5.41) is 3.55. The quantitative estimate of drug-likeness (QED) is 0.574. The van der Waals surface area contributed by atoms with E-state index in [0.717, 1.165) is 5.39 Å². The van der Waals surface area contributed by atoms with Gasteiger partial charge in [-0.15, -0.1) is 0 Å². The topological polar surface area (TPSA) is 97.6 Å². The van der Waals surface area contributed by atoms with E-state index < -0.39 is 10.0 Å². The normalized spacial score (nSPS) is 12.0. The molecule has 0 saturated carbocycles. The molecular weight excluding hydrogens is 392 g/mol. The van der Waals surface area contributed by atoms with Gasteiger partial charge in [-0.25, -0.2) is 13.1 Å². The Morgan fingerprint density at radius 1 is 1.14 bits per heavy atom. The van der Waals surface area contributed by atoms with Crippen LogP contribution < -0.4 is 14.8 Å². The molecule has 152 valence electrons. The summed E-state index contributed by atoms with van der Waals surface area (Å²) in [7, 11) is -2.00. The smallest absolute Gasteiger partial charge is 0.248 e. The fraction of sp³-hybridized carbons (Fsp3) is 0.190. The monoisotopic (exact) mass is 414 g/mol. The minimum Gasteiger partial charge on any atom is -0.493 e. The molecular formula is C21H22N2O5S. The van der Waals surface area contributed by atoms with Crippen molar-refractivity contribution >= 4 is 38.7 Å². The second-order valence-corrected chi connectivity index (χ2v) is 8.36. The van der Waals surface area contributed by atoms with Crippen LogP contribution in [0.2, 0.25) is 0 Å². The number of anilines is 1. The molecule has 0 spiro atoms. The first-order valence-electron chi connectivity index (χ1n) is 8.96. The van der Waals surface area contributed by atoms with Crippen molar-refractivity contribution in [2.24, 2.45) is 0 Å². The number of methoxy groups -OCH3 is 1. The Hall–Kier alpha value is -3.10. The molecule has 2 aromatic carbocycles. The Morgan fingerprint density at radius 2 is 1.86 bits per heavy atom. The lowest BCUT2D eigenvalue weighted by atomic mass is 10.2. The fourth-order valence-electron chi connectivity index (χ4n) is 2.74. The van der Waals surface area contributed by atoms with Crippen molar-refractivity contribution in [3.63, 3.8) is 0 Å². The van der Waals surface area contributed by atoms with Crippen molar-refractivity contribution in [1.82, 2.24) is 4.72 Å². The molecule has 2 N–H and O–H groups in total. The second kappa shape index (κ2) is 8.50. The number of hydrogen-bond donors (Lipinski definition) is 2. The van der Waals surface area contributed by atoms with Crippen molar-refractivity contribution < 1.29 is 22.4 Å². The van der Waals surface area contributed by atoms with Crippen molar-refractivity contribution in [3.8, 4) is 5.75 Å². The summed E-state index contributed by atoms with van der Waals surface area (Å²) in [4.78, 5) is 12.3. The highest BCUT2D eigenvalue weighted by molar-refractivity contribution is 7.89. The highest BCUT2D eigenvalue weighted by Gasteiger charge is 2.15. The summed E-state index contributed by atoms with van der Waals surface area (Å²) in [5.41, 5.74) is 1.09. The fourth-order valence-corrected chi connectivity index (χ4v) is 3.99. The van der Waals surface area contributed by atoms with E-state index in [2.05, 4.69) is 10.0 Å². The Labute approximate surface area is 169 Å². The van der Waals surface area contributed by atoms with Gasteiger partial charge in [0, 0.05) is 23.2 Å². The number of nitrogens with one attached hydrogen (secondary N) is 2. The standard InChI is InChI=1S/C21H22N2O5S/c1-14(2)23-29(25,26)18-10-7-16(8-11-18)22-20(24)12-9-17-13-15-5-4-6-19(27-3)21(15)28-17/h4-14,23H,1-3H3,(H,22,24)/b12-9+. The SMILES string of the molecule is COc1cccc2cc(/C=C/C(=O)Nc3ccc(S(=O)(=O)NC(C)C)cc3)oc12.